The highest BCUT2D eigenvalue weighted by molar-refractivity contribution is 7.89. The van der Waals surface area contributed by atoms with Crippen LogP contribution in [0.2, 0.25) is 0 Å². The van der Waals surface area contributed by atoms with E-state index in [1.807, 2.05) is 6.92 Å². The Balaban J connectivity index is 1.51. The Bertz CT molecular complexity index is 741. The number of carbonyl (C=O) groups is 1. The van der Waals surface area contributed by atoms with Gasteiger partial charge < -0.3 is 14.8 Å². The Kier molecular flexibility index (Phi) is 7.48. The molecule has 0 aromatic carbocycles. The fraction of sp³-hybridized carbons (Fsp3) is 0.789. The fourth-order valence-electron chi connectivity index (χ4n) is 3.99. The van der Waals surface area contributed by atoms with Crippen LogP contribution in [-0.4, -0.2) is 72.3 Å². The van der Waals surface area contributed by atoms with Crippen LogP contribution in [0.4, 0.5) is 0 Å². The molecule has 28 heavy (non-hydrogen) atoms. The largest absolute Gasteiger partial charge is 0.355 e. The van der Waals surface area contributed by atoms with Crippen molar-refractivity contribution >= 4 is 15.9 Å². The highest BCUT2D eigenvalue weighted by Crippen LogP contribution is 2.23. The third-order valence-electron chi connectivity index (χ3n) is 5.76. The van der Waals surface area contributed by atoms with E-state index in [2.05, 4.69) is 15.2 Å². The van der Waals surface area contributed by atoms with Crippen molar-refractivity contribution in [3.05, 3.63) is 12.5 Å². The van der Waals surface area contributed by atoms with E-state index >= 15 is 0 Å². The normalized spacial score (nSPS) is 22.7. The number of sulfonamides is 1. The standard InChI is InChI=1S/C19H33N5O3S/c1-2-22-15-18(21-16-22)28(26,27)24-12-7-8-17(14-24)19(25)20-9-13-23-10-5-3-4-6-11-23/h15-17H,2-14H2,1H3,(H,20,25)/t17-/m0/s1. The number of piperidine rings is 1. The number of amides is 1. The van der Waals surface area contributed by atoms with Crippen molar-refractivity contribution in [2.24, 2.45) is 5.92 Å². The average molecular weight is 412 g/mol. The number of imidazole rings is 1. The van der Waals surface area contributed by atoms with Crippen molar-refractivity contribution in [3.8, 4) is 0 Å². The quantitative estimate of drug-likeness (QED) is 0.731. The summed E-state index contributed by atoms with van der Waals surface area (Å²) in [6.07, 6.45) is 9.57. The van der Waals surface area contributed by atoms with Crippen LogP contribution >= 0.6 is 0 Å². The topological polar surface area (TPSA) is 87.5 Å². The molecule has 8 nitrogen and oxygen atoms in total. The number of likely N-dealkylation sites (tertiary alicyclic amines) is 1. The summed E-state index contributed by atoms with van der Waals surface area (Å²) in [4.78, 5) is 19.0. The van der Waals surface area contributed by atoms with Crippen LogP contribution in [0.1, 0.15) is 45.4 Å². The highest BCUT2D eigenvalue weighted by atomic mass is 32.2. The van der Waals surface area contributed by atoms with Crippen molar-refractivity contribution in [1.82, 2.24) is 24.1 Å². The van der Waals surface area contributed by atoms with Crippen LogP contribution in [0.5, 0.6) is 0 Å². The lowest BCUT2D eigenvalue weighted by Crippen LogP contribution is -2.46. The smallest absolute Gasteiger partial charge is 0.262 e. The van der Waals surface area contributed by atoms with Gasteiger partial charge in [-0.05, 0) is 45.7 Å². The first kappa shape index (κ1) is 21.3. The van der Waals surface area contributed by atoms with Gasteiger partial charge in [0.15, 0.2) is 5.03 Å². The molecule has 0 bridgehead atoms. The molecule has 9 heteroatoms. The molecule has 0 aliphatic carbocycles. The van der Waals surface area contributed by atoms with Gasteiger partial charge in [0.05, 0.1) is 12.2 Å². The lowest BCUT2D eigenvalue weighted by Gasteiger charge is -2.30. The first-order chi connectivity index (χ1) is 13.5. The summed E-state index contributed by atoms with van der Waals surface area (Å²) in [5.41, 5.74) is 0. The van der Waals surface area contributed by atoms with E-state index in [1.54, 1.807) is 10.8 Å². The Morgan fingerprint density at radius 3 is 2.61 bits per heavy atom. The lowest BCUT2D eigenvalue weighted by molar-refractivity contribution is -0.126. The molecule has 3 rings (SSSR count). The Morgan fingerprint density at radius 2 is 1.93 bits per heavy atom. The van der Waals surface area contributed by atoms with Crippen LogP contribution in [0, 0.1) is 5.92 Å². The van der Waals surface area contributed by atoms with Gasteiger partial charge in [-0.1, -0.05) is 12.8 Å². The summed E-state index contributed by atoms with van der Waals surface area (Å²) in [6, 6.07) is 0. The molecule has 1 amide bonds. The number of hydrogen-bond acceptors (Lipinski definition) is 5. The van der Waals surface area contributed by atoms with Crippen molar-refractivity contribution in [2.75, 3.05) is 39.3 Å². The zero-order valence-electron chi connectivity index (χ0n) is 16.8. The predicted octanol–water partition coefficient (Wildman–Crippen LogP) is 1.30. The van der Waals surface area contributed by atoms with Crippen LogP contribution in [-0.2, 0) is 21.4 Å². The van der Waals surface area contributed by atoms with Gasteiger partial charge in [-0.2, -0.15) is 4.31 Å². The third kappa shape index (κ3) is 5.33. The number of nitrogens with one attached hydrogen (secondary N) is 1. The molecule has 0 saturated carbocycles. The van der Waals surface area contributed by atoms with Crippen LogP contribution in [0.15, 0.2) is 17.6 Å². The van der Waals surface area contributed by atoms with Crippen LogP contribution < -0.4 is 5.32 Å². The van der Waals surface area contributed by atoms with Crippen molar-refractivity contribution in [1.29, 1.82) is 0 Å². The number of aromatic nitrogens is 2. The lowest BCUT2D eigenvalue weighted by atomic mass is 9.99. The summed E-state index contributed by atoms with van der Waals surface area (Å²) in [5, 5.41) is 3.09. The molecule has 3 heterocycles. The SMILES string of the molecule is CCn1cnc(S(=O)(=O)N2CCC[C@H](C(=O)NCCN3CCCCCC3)C2)c1. The fourth-order valence-corrected chi connectivity index (χ4v) is 5.45. The van der Waals surface area contributed by atoms with Gasteiger partial charge in [0.1, 0.15) is 0 Å². The minimum Gasteiger partial charge on any atom is -0.355 e. The summed E-state index contributed by atoms with van der Waals surface area (Å²) in [7, 11) is -3.65. The molecule has 0 radical (unpaired) electrons. The maximum absolute atomic E-state index is 12.8. The zero-order valence-corrected chi connectivity index (χ0v) is 17.7. The Labute approximate surface area is 168 Å². The van der Waals surface area contributed by atoms with Crippen molar-refractivity contribution < 1.29 is 13.2 Å². The van der Waals surface area contributed by atoms with Gasteiger partial charge in [0.2, 0.25) is 5.91 Å². The third-order valence-corrected chi connectivity index (χ3v) is 7.51. The molecule has 1 aromatic rings. The maximum atomic E-state index is 12.8. The molecule has 2 fully saturated rings. The van der Waals surface area contributed by atoms with Gasteiger partial charge in [-0.3, -0.25) is 4.79 Å². The van der Waals surface area contributed by atoms with E-state index in [0.717, 1.165) is 26.1 Å². The molecule has 1 atom stereocenters. The molecule has 2 aliphatic heterocycles. The monoisotopic (exact) mass is 411 g/mol. The summed E-state index contributed by atoms with van der Waals surface area (Å²) < 4.78 is 28.9. The first-order valence-electron chi connectivity index (χ1n) is 10.5. The van der Waals surface area contributed by atoms with E-state index < -0.39 is 10.0 Å². The number of nitrogens with zero attached hydrogens (tertiary/aromatic N) is 4. The van der Waals surface area contributed by atoms with E-state index in [1.165, 1.54) is 36.3 Å². The van der Waals surface area contributed by atoms with Gasteiger partial charge in [-0.15, -0.1) is 0 Å². The van der Waals surface area contributed by atoms with Gasteiger partial charge in [0, 0.05) is 38.9 Å². The summed E-state index contributed by atoms with van der Waals surface area (Å²) in [5.74, 6) is -0.324. The maximum Gasteiger partial charge on any atom is 0.262 e. The van der Waals surface area contributed by atoms with Crippen LogP contribution in [0.3, 0.4) is 0 Å². The second kappa shape index (κ2) is 9.84. The van der Waals surface area contributed by atoms with E-state index in [9.17, 15) is 13.2 Å². The molecule has 2 aliphatic rings. The highest BCUT2D eigenvalue weighted by Gasteiger charge is 2.34. The average Bonchev–Trinajstić information content (AvgIpc) is 3.06. The van der Waals surface area contributed by atoms with E-state index in [4.69, 9.17) is 0 Å². The number of hydrogen-bond donors (Lipinski definition) is 1. The Morgan fingerprint density at radius 1 is 1.18 bits per heavy atom. The second-order valence-corrected chi connectivity index (χ2v) is 9.68. The van der Waals surface area contributed by atoms with E-state index in [0.29, 0.717) is 26.1 Å². The molecular weight excluding hydrogens is 378 g/mol. The summed E-state index contributed by atoms with van der Waals surface area (Å²) in [6.45, 7) is 6.99. The molecule has 1 N–H and O–H groups in total. The van der Waals surface area contributed by atoms with Crippen molar-refractivity contribution in [2.45, 2.75) is 57.0 Å². The zero-order chi connectivity index (χ0) is 20.0. The summed E-state index contributed by atoms with van der Waals surface area (Å²) >= 11 is 0. The predicted molar refractivity (Wildman–Crippen MR) is 107 cm³/mol. The van der Waals surface area contributed by atoms with Crippen LogP contribution in [0.25, 0.3) is 0 Å². The molecule has 1 aromatic heterocycles. The van der Waals surface area contributed by atoms with E-state index in [-0.39, 0.29) is 23.4 Å². The minimum absolute atomic E-state index is 0.0335. The number of aryl methyl sites for hydroxylation is 1. The number of rotatable bonds is 7. The number of carbonyl (C=O) groups excluding carboxylic acids is 1. The van der Waals surface area contributed by atoms with Crippen molar-refractivity contribution in [3.63, 3.8) is 0 Å². The molecular formula is C19H33N5O3S. The molecule has 0 spiro atoms. The first-order valence-corrected chi connectivity index (χ1v) is 12.0. The minimum atomic E-state index is -3.65. The molecule has 158 valence electrons. The van der Waals surface area contributed by atoms with Gasteiger partial charge in [0.25, 0.3) is 10.0 Å². The Hall–Kier alpha value is -1.45. The van der Waals surface area contributed by atoms with Gasteiger partial charge in [-0.25, -0.2) is 13.4 Å². The molecule has 2 saturated heterocycles. The van der Waals surface area contributed by atoms with Gasteiger partial charge >= 0.3 is 0 Å². The molecule has 0 unspecified atom stereocenters. The second-order valence-electron chi connectivity index (χ2n) is 7.79.